The lowest BCUT2D eigenvalue weighted by Gasteiger charge is -2.00. The number of thiazole rings is 1. The van der Waals surface area contributed by atoms with Crippen LogP contribution in [0, 0.1) is 0 Å². The highest BCUT2D eigenvalue weighted by molar-refractivity contribution is 7.14. The predicted octanol–water partition coefficient (Wildman–Crippen LogP) is 5.67. The summed E-state index contributed by atoms with van der Waals surface area (Å²) in [6.07, 6.45) is 1.66. The zero-order valence-electron chi connectivity index (χ0n) is 13.6. The van der Waals surface area contributed by atoms with Gasteiger partial charge in [-0.05, 0) is 42.0 Å². The van der Waals surface area contributed by atoms with Crippen LogP contribution in [0.25, 0.3) is 22.2 Å². The Balaban J connectivity index is 1.57. The Morgan fingerprint density at radius 3 is 2.67 bits per heavy atom. The van der Waals surface area contributed by atoms with Crippen molar-refractivity contribution in [2.75, 3.05) is 5.43 Å². The summed E-state index contributed by atoms with van der Waals surface area (Å²) in [5.74, 6) is 0. The van der Waals surface area contributed by atoms with Crippen molar-refractivity contribution in [3.05, 3.63) is 79.9 Å². The second-order valence-corrected chi connectivity index (χ2v) is 7.32. The van der Waals surface area contributed by atoms with E-state index in [0.29, 0.717) is 32.0 Å². The summed E-state index contributed by atoms with van der Waals surface area (Å²) in [5.41, 5.74) is 4.67. The van der Waals surface area contributed by atoms with Crippen LogP contribution in [0.2, 0.25) is 10.0 Å². The Morgan fingerprint density at radius 2 is 1.85 bits per heavy atom. The minimum atomic E-state index is -0.452. The number of hydrazone groups is 1. The third kappa shape index (κ3) is 4.03. The first-order chi connectivity index (χ1) is 13.1. The maximum absolute atomic E-state index is 12.3. The largest absolute Gasteiger partial charge is 0.422 e. The smallest absolute Gasteiger partial charge is 0.345 e. The average Bonchev–Trinajstić information content (AvgIpc) is 3.12. The Bertz CT molecular complexity index is 1200. The molecule has 2 aromatic heterocycles. The van der Waals surface area contributed by atoms with E-state index in [1.165, 1.54) is 11.3 Å². The lowest BCUT2D eigenvalue weighted by molar-refractivity contribution is 0.563. The van der Waals surface area contributed by atoms with Gasteiger partial charge in [0.05, 0.1) is 17.5 Å². The molecule has 0 saturated heterocycles. The van der Waals surface area contributed by atoms with Gasteiger partial charge in [0.15, 0.2) is 0 Å². The third-order valence-electron chi connectivity index (χ3n) is 3.72. The van der Waals surface area contributed by atoms with E-state index < -0.39 is 5.63 Å². The number of fused-ring (bicyclic) bond motifs is 1. The molecule has 0 unspecified atom stereocenters. The quantitative estimate of drug-likeness (QED) is 0.265. The van der Waals surface area contributed by atoms with Crippen molar-refractivity contribution in [2.24, 2.45) is 5.10 Å². The maximum Gasteiger partial charge on any atom is 0.345 e. The van der Waals surface area contributed by atoms with E-state index in [2.05, 4.69) is 15.5 Å². The number of benzene rings is 2. The fourth-order valence-corrected chi connectivity index (χ4v) is 3.40. The lowest BCUT2D eigenvalue weighted by atomic mass is 10.1. The van der Waals surface area contributed by atoms with Gasteiger partial charge in [-0.2, -0.15) is 5.10 Å². The third-order valence-corrected chi connectivity index (χ3v) is 4.95. The minimum Gasteiger partial charge on any atom is -0.422 e. The Morgan fingerprint density at radius 1 is 1.07 bits per heavy atom. The first-order valence-corrected chi connectivity index (χ1v) is 9.46. The van der Waals surface area contributed by atoms with Crippen molar-refractivity contribution in [3.8, 4) is 11.3 Å². The molecule has 27 heavy (non-hydrogen) atoms. The zero-order valence-corrected chi connectivity index (χ0v) is 16.0. The van der Waals surface area contributed by atoms with Gasteiger partial charge in [0.1, 0.15) is 5.58 Å². The molecular weight excluding hydrogens is 405 g/mol. The topological polar surface area (TPSA) is 67.5 Å². The van der Waals surface area contributed by atoms with Gasteiger partial charge in [0, 0.05) is 20.8 Å². The van der Waals surface area contributed by atoms with Crippen molar-refractivity contribution in [1.29, 1.82) is 0 Å². The van der Waals surface area contributed by atoms with E-state index in [4.69, 9.17) is 27.6 Å². The van der Waals surface area contributed by atoms with Gasteiger partial charge in [-0.3, -0.25) is 5.43 Å². The van der Waals surface area contributed by atoms with Crippen LogP contribution in [0.3, 0.4) is 0 Å². The van der Waals surface area contributed by atoms with Crippen LogP contribution in [-0.2, 0) is 0 Å². The van der Waals surface area contributed by atoms with Crippen molar-refractivity contribution >= 4 is 56.9 Å². The summed E-state index contributed by atoms with van der Waals surface area (Å²) in [6, 6.07) is 14.1. The molecule has 2 heterocycles. The van der Waals surface area contributed by atoms with E-state index in [9.17, 15) is 4.79 Å². The molecule has 1 N–H and O–H groups in total. The van der Waals surface area contributed by atoms with Gasteiger partial charge in [0.2, 0.25) is 5.13 Å². The molecule has 0 aliphatic carbocycles. The molecule has 0 atom stereocenters. The van der Waals surface area contributed by atoms with Crippen molar-refractivity contribution in [1.82, 2.24) is 4.98 Å². The van der Waals surface area contributed by atoms with Crippen molar-refractivity contribution in [2.45, 2.75) is 0 Å². The van der Waals surface area contributed by atoms with Crippen LogP contribution in [-0.4, -0.2) is 11.2 Å². The van der Waals surface area contributed by atoms with Gasteiger partial charge in [-0.15, -0.1) is 11.3 Å². The highest BCUT2D eigenvalue weighted by Gasteiger charge is 2.11. The Labute approximate surface area is 167 Å². The van der Waals surface area contributed by atoms with E-state index in [1.54, 1.807) is 48.0 Å². The number of nitrogens with one attached hydrogen (secondary N) is 1. The first-order valence-electron chi connectivity index (χ1n) is 7.82. The maximum atomic E-state index is 12.3. The van der Waals surface area contributed by atoms with Gasteiger partial charge < -0.3 is 4.42 Å². The van der Waals surface area contributed by atoms with Crippen LogP contribution >= 0.6 is 34.5 Å². The number of halogens is 2. The molecule has 0 fully saturated rings. The Hall–Kier alpha value is -2.67. The molecule has 134 valence electrons. The van der Waals surface area contributed by atoms with E-state index in [0.717, 1.165) is 10.9 Å². The normalized spacial score (nSPS) is 11.3. The molecule has 0 amide bonds. The molecule has 2 aromatic carbocycles. The van der Waals surface area contributed by atoms with Crippen molar-refractivity contribution < 1.29 is 4.42 Å². The fourth-order valence-electron chi connectivity index (χ4n) is 2.43. The SMILES string of the molecule is O=c1oc2ccc(Cl)cc2cc1-c1csc(N/N=C\c2ccc(Cl)cc2)n1. The molecule has 0 spiro atoms. The molecular formula is C19H11Cl2N3O2S. The molecule has 8 heteroatoms. The molecule has 4 aromatic rings. The number of hydrogen-bond acceptors (Lipinski definition) is 6. The van der Waals surface area contributed by atoms with Gasteiger partial charge in [-0.1, -0.05) is 35.3 Å². The van der Waals surface area contributed by atoms with Crippen molar-refractivity contribution in [3.63, 3.8) is 0 Å². The van der Waals surface area contributed by atoms with E-state index in [1.807, 2.05) is 12.1 Å². The number of anilines is 1. The molecule has 0 radical (unpaired) electrons. The molecule has 0 saturated carbocycles. The molecule has 0 bridgehead atoms. The highest BCUT2D eigenvalue weighted by atomic mass is 35.5. The van der Waals surface area contributed by atoms with Crippen LogP contribution in [0.1, 0.15) is 5.56 Å². The average molecular weight is 416 g/mol. The number of aromatic nitrogens is 1. The summed E-state index contributed by atoms with van der Waals surface area (Å²) < 4.78 is 5.35. The van der Waals surface area contributed by atoms with E-state index >= 15 is 0 Å². The predicted molar refractivity (Wildman–Crippen MR) is 111 cm³/mol. The van der Waals surface area contributed by atoms with Gasteiger partial charge >= 0.3 is 5.63 Å². The van der Waals surface area contributed by atoms with Crippen LogP contribution in [0.4, 0.5) is 5.13 Å². The van der Waals surface area contributed by atoms with Crippen LogP contribution in [0.5, 0.6) is 0 Å². The molecule has 0 aliphatic heterocycles. The fraction of sp³-hybridized carbons (Fsp3) is 0. The van der Waals surface area contributed by atoms with Crippen LogP contribution in [0.15, 0.2) is 68.2 Å². The summed E-state index contributed by atoms with van der Waals surface area (Å²) in [6.45, 7) is 0. The second-order valence-electron chi connectivity index (χ2n) is 5.59. The first kappa shape index (κ1) is 17.7. The second kappa shape index (κ2) is 7.52. The standard InChI is InChI=1S/C19H11Cl2N3O2S/c20-13-3-1-11(2-4-13)9-22-24-19-23-16(10-27-19)15-8-12-7-14(21)5-6-17(12)26-18(15)25/h1-10H,(H,23,24)/b22-9-. The number of hydrogen-bond donors (Lipinski definition) is 1. The molecule has 5 nitrogen and oxygen atoms in total. The summed E-state index contributed by atoms with van der Waals surface area (Å²) in [7, 11) is 0. The minimum absolute atomic E-state index is 0.371. The zero-order chi connectivity index (χ0) is 18.8. The number of rotatable bonds is 4. The summed E-state index contributed by atoms with van der Waals surface area (Å²) in [5, 5.41) is 8.44. The summed E-state index contributed by atoms with van der Waals surface area (Å²) >= 11 is 13.2. The molecule has 0 aliphatic rings. The van der Waals surface area contributed by atoms with Gasteiger partial charge in [-0.25, -0.2) is 9.78 Å². The van der Waals surface area contributed by atoms with Crippen LogP contribution < -0.4 is 11.1 Å². The van der Waals surface area contributed by atoms with E-state index in [-0.39, 0.29) is 0 Å². The molecule has 4 rings (SSSR count). The van der Waals surface area contributed by atoms with Gasteiger partial charge in [0.25, 0.3) is 0 Å². The Kier molecular flexibility index (Phi) is 4.94. The summed E-state index contributed by atoms with van der Waals surface area (Å²) in [4.78, 5) is 16.7. The lowest BCUT2D eigenvalue weighted by Crippen LogP contribution is -2.03. The highest BCUT2D eigenvalue weighted by Crippen LogP contribution is 2.26. The number of nitrogens with zero attached hydrogens (tertiary/aromatic N) is 2. The monoisotopic (exact) mass is 415 g/mol.